The first-order valence-corrected chi connectivity index (χ1v) is 8.59. The summed E-state index contributed by atoms with van der Waals surface area (Å²) in [6.45, 7) is 7.83. The zero-order valence-corrected chi connectivity index (χ0v) is 14.5. The zero-order valence-electron chi connectivity index (χ0n) is 14.5. The third-order valence-corrected chi connectivity index (χ3v) is 4.14. The summed E-state index contributed by atoms with van der Waals surface area (Å²) in [7, 11) is 0. The molecular formula is C20H28N2O. The normalized spacial score (nSPS) is 11.0. The second kappa shape index (κ2) is 8.56. The Hall–Kier alpha value is -2.03. The summed E-state index contributed by atoms with van der Waals surface area (Å²) in [6, 6.07) is 14.8. The summed E-state index contributed by atoms with van der Waals surface area (Å²) in [5, 5.41) is 0. The molecule has 0 radical (unpaired) electrons. The van der Waals surface area contributed by atoms with Gasteiger partial charge in [-0.1, -0.05) is 43.7 Å². The van der Waals surface area contributed by atoms with E-state index in [1.807, 2.05) is 11.0 Å². The standard InChI is InChI=1S/C20H28N2O/c1-4-5-13-20(23)22(17(2)3)16-19-12-9-14-21(19)15-18-10-7-6-8-11-18/h6-12,14,17H,4-5,13,15-16H2,1-3H3. The molecule has 0 spiro atoms. The van der Waals surface area contributed by atoms with Crippen molar-refractivity contribution in [2.24, 2.45) is 0 Å². The minimum absolute atomic E-state index is 0.222. The van der Waals surface area contributed by atoms with Gasteiger partial charge in [-0.15, -0.1) is 0 Å². The van der Waals surface area contributed by atoms with Crippen LogP contribution in [0.15, 0.2) is 48.7 Å². The Morgan fingerprint density at radius 3 is 2.52 bits per heavy atom. The molecule has 0 atom stereocenters. The predicted molar refractivity (Wildman–Crippen MR) is 95.2 cm³/mol. The van der Waals surface area contributed by atoms with Crippen molar-refractivity contribution in [3.05, 3.63) is 59.9 Å². The molecule has 2 aromatic rings. The van der Waals surface area contributed by atoms with Crippen LogP contribution in [0.2, 0.25) is 0 Å². The Morgan fingerprint density at radius 2 is 1.87 bits per heavy atom. The van der Waals surface area contributed by atoms with Crippen LogP contribution in [0.3, 0.4) is 0 Å². The highest BCUT2D eigenvalue weighted by atomic mass is 16.2. The van der Waals surface area contributed by atoms with Gasteiger partial charge in [-0.25, -0.2) is 0 Å². The van der Waals surface area contributed by atoms with Crippen LogP contribution >= 0.6 is 0 Å². The second-order valence-electron chi connectivity index (χ2n) is 6.33. The third-order valence-electron chi connectivity index (χ3n) is 4.14. The van der Waals surface area contributed by atoms with Gasteiger partial charge in [-0.05, 0) is 38.0 Å². The summed E-state index contributed by atoms with van der Waals surface area (Å²) in [5.74, 6) is 0.259. The Kier molecular flexibility index (Phi) is 6.45. The SMILES string of the molecule is CCCCC(=O)N(Cc1cccn1Cc1ccccc1)C(C)C. The van der Waals surface area contributed by atoms with Crippen molar-refractivity contribution in [2.75, 3.05) is 0 Å². The lowest BCUT2D eigenvalue weighted by atomic mass is 10.2. The van der Waals surface area contributed by atoms with Crippen molar-refractivity contribution in [3.63, 3.8) is 0 Å². The molecule has 1 aromatic heterocycles. The maximum atomic E-state index is 12.5. The highest BCUT2D eigenvalue weighted by molar-refractivity contribution is 5.76. The van der Waals surface area contributed by atoms with Gasteiger partial charge in [0.1, 0.15) is 0 Å². The van der Waals surface area contributed by atoms with Gasteiger partial charge in [0.15, 0.2) is 0 Å². The van der Waals surface area contributed by atoms with Crippen molar-refractivity contribution in [1.82, 2.24) is 9.47 Å². The largest absolute Gasteiger partial charge is 0.345 e. The van der Waals surface area contributed by atoms with E-state index in [0.29, 0.717) is 13.0 Å². The van der Waals surface area contributed by atoms with Crippen molar-refractivity contribution in [3.8, 4) is 0 Å². The van der Waals surface area contributed by atoms with E-state index in [1.54, 1.807) is 0 Å². The van der Waals surface area contributed by atoms with E-state index < -0.39 is 0 Å². The van der Waals surface area contributed by atoms with E-state index in [-0.39, 0.29) is 11.9 Å². The van der Waals surface area contributed by atoms with Gasteiger partial charge in [-0.3, -0.25) is 4.79 Å². The van der Waals surface area contributed by atoms with E-state index in [0.717, 1.165) is 19.4 Å². The smallest absolute Gasteiger partial charge is 0.223 e. The van der Waals surface area contributed by atoms with Crippen LogP contribution in [0.1, 0.15) is 51.3 Å². The third kappa shape index (κ3) is 4.98. The summed E-state index contributed by atoms with van der Waals surface area (Å²) >= 11 is 0. The number of amides is 1. The second-order valence-corrected chi connectivity index (χ2v) is 6.33. The quantitative estimate of drug-likeness (QED) is 0.706. The Balaban J connectivity index is 2.09. The number of hydrogen-bond donors (Lipinski definition) is 0. The van der Waals surface area contributed by atoms with Gasteiger partial charge in [0.25, 0.3) is 0 Å². The Morgan fingerprint density at radius 1 is 1.13 bits per heavy atom. The fraction of sp³-hybridized carbons (Fsp3) is 0.450. The highest BCUT2D eigenvalue weighted by Gasteiger charge is 2.18. The molecule has 0 fully saturated rings. The fourth-order valence-electron chi connectivity index (χ4n) is 2.73. The lowest BCUT2D eigenvalue weighted by Gasteiger charge is -2.27. The average Bonchev–Trinajstić information content (AvgIpc) is 2.98. The van der Waals surface area contributed by atoms with Crippen LogP contribution in [-0.4, -0.2) is 21.4 Å². The Labute approximate surface area is 139 Å². The number of carbonyl (C=O) groups is 1. The molecular weight excluding hydrogens is 284 g/mol. The monoisotopic (exact) mass is 312 g/mol. The van der Waals surface area contributed by atoms with Crippen LogP contribution in [0.4, 0.5) is 0 Å². The maximum absolute atomic E-state index is 12.5. The van der Waals surface area contributed by atoms with Crippen molar-refractivity contribution in [2.45, 2.75) is 59.2 Å². The lowest BCUT2D eigenvalue weighted by molar-refractivity contribution is -0.133. The predicted octanol–water partition coefficient (Wildman–Crippen LogP) is 4.46. The molecule has 3 heteroatoms. The van der Waals surface area contributed by atoms with Gasteiger partial charge >= 0.3 is 0 Å². The topological polar surface area (TPSA) is 25.2 Å². The molecule has 0 aliphatic rings. The van der Waals surface area contributed by atoms with Crippen LogP contribution in [-0.2, 0) is 17.9 Å². The number of unbranched alkanes of at least 4 members (excludes halogenated alkanes) is 1. The molecule has 23 heavy (non-hydrogen) atoms. The van der Waals surface area contributed by atoms with Gasteiger partial charge in [0.05, 0.1) is 6.54 Å². The first-order valence-electron chi connectivity index (χ1n) is 8.59. The molecule has 3 nitrogen and oxygen atoms in total. The van der Waals surface area contributed by atoms with Crippen molar-refractivity contribution >= 4 is 5.91 Å². The molecule has 124 valence electrons. The van der Waals surface area contributed by atoms with Crippen LogP contribution in [0.5, 0.6) is 0 Å². The number of benzene rings is 1. The fourth-order valence-corrected chi connectivity index (χ4v) is 2.73. The molecule has 1 amide bonds. The number of nitrogens with zero attached hydrogens (tertiary/aromatic N) is 2. The van der Waals surface area contributed by atoms with E-state index in [4.69, 9.17) is 0 Å². The zero-order chi connectivity index (χ0) is 16.7. The van der Waals surface area contributed by atoms with Crippen LogP contribution in [0, 0.1) is 0 Å². The summed E-state index contributed by atoms with van der Waals surface area (Å²) < 4.78 is 2.23. The Bertz CT molecular complexity index is 601. The number of rotatable bonds is 8. The number of hydrogen-bond acceptors (Lipinski definition) is 1. The van der Waals surface area contributed by atoms with Crippen LogP contribution in [0.25, 0.3) is 0 Å². The van der Waals surface area contributed by atoms with E-state index in [9.17, 15) is 4.79 Å². The minimum atomic E-state index is 0.222. The molecule has 0 saturated carbocycles. The number of aromatic nitrogens is 1. The van der Waals surface area contributed by atoms with Crippen LogP contribution < -0.4 is 0 Å². The molecule has 2 rings (SSSR count). The first kappa shape index (κ1) is 17.3. The summed E-state index contributed by atoms with van der Waals surface area (Å²) in [4.78, 5) is 14.4. The molecule has 1 aromatic carbocycles. The molecule has 0 aliphatic heterocycles. The maximum Gasteiger partial charge on any atom is 0.223 e. The minimum Gasteiger partial charge on any atom is -0.345 e. The van der Waals surface area contributed by atoms with E-state index >= 15 is 0 Å². The molecule has 0 saturated heterocycles. The van der Waals surface area contributed by atoms with Gasteiger partial charge < -0.3 is 9.47 Å². The average molecular weight is 312 g/mol. The molecule has 0 bridgehead atoms. The lowest BCUT2D eigenvalue weighted by Crippen LogP contribution is -2.36. The summed E-state index contributed by atoms with van der Waals surface area (Å²) in [5.41, 5.74) is 2.46. The molecule has 0 aliphatic carbocycles. The van der Waals surface area contributed by atoms with Crippen molar-refractivity contribution in [1.29, 1.82) is 0 Å². The highest BCUT2D eigenvalue weighted by Crippen LogP contribution is 2.14. The van der Waals surface area contributed by atoms with Crippen molar-refractivity contribution < 1.29 is 4.79 Å². The molecule has 1 heterocycles. The van der Waals surface area contributed by atoms with E-state index in [1.165, 1.54) is 11.3 Å². The molecule has 0 unspecified atom stereocenters. The van der Waals surface area contributed by atoms with Gasteiger partial charge in [-0.2, -0.15) is 0 Å². The van der Waals surface area contributed by atoms with Gasteiger partial charge in [0, 0.05) is 30.9 Å². The van der Waals surface area contributed by atoms with E-state index in [2.05, 4.69) is 67.9 Å². The summed E-state index contributed by atoms with van der Waals surface area (Å²) in [6.07, 6.45) is 4.76. The number of carbonyl (C=O) groups excluding carboxylic acids is 1. The molecule has 0 N–H and O–H groups in total. The first-order chi connectivity index (χ1) is 11.1. The van der Waals surface area contributed by atoms with Gasteiger partial charge in [0.2, 0.25) is 5.91 Å².